The minimum Gasteiger partial charge on any atom is -0.480 e. The molecule has 2 aliphatic rings. The van der Waals surface area contributed by atoms with E-state index in [4.69, 9.17) is 4.74 Å². The van der Waals surface area contributed by atoms with Crippen LogP contribution in [0.15, 0.2) is 0 Å². The molecule has 8 nitrogen and oxygen atoms in total. The maximum atomic E-state index is 12.1. The Balaban J connectivity index is 1.83. The Kier molecular flexibility index (Phi) is 4.54. The highest BCUT2D eigenvalue weighted by atomic mass is 16.6. The molecule has 0 bridgehead atoms. The lowest BCUT2D eigenvalue weighted by Gasteiger charge is -2.41. The van der Waals surface area contributed by atoms with Crippen LogP contribution in [0.1, 0.15) is 26.2 Å². The van der Waals surface area contributed by atoms with Crippen LogP contribution in [0.2, 0.25) is 0 Å². The number of piperazine rings is 1. The first-order chi connectivity index (χ1) is 9.98. The highest BCUT2D eigenvalue weighted by molar-refractivity contribution is 5.87. The number of carboxylic acids is 1. The molecular formula is C13H21N3O5. The van der Waals surface area contributed by atoms with Crippen molar-refractivity contribution in [3.63, 3.8) is 0 Å². The Hall–Kier alpha value is -1.99. The lowest BCUT2D eigenvalue weighted by Crippen LogP contribution is -2.63. The number of aliphatic carboxylic acids is 1. The van der Waals surface area contributed by atoms with Gasteiger partial charge in [-0.05, 0) is 26.2 Å². The van der Waals surface area contributed by atoms with Crippen LogP contribution >= 0.6 is 0 Å². The van der Waals surface area contributed by atoms with Crippen molar-refractivity contribution >= 4 is 18.1 Å². The largest absolute Gasteiger partial charge is 0.480 e. The third-order valence-electron chi connectivity index (χ3n) is 4.06. The Morgan fingerprint density at radius 3 is 2.14 bits per heavy atom. The number of carbonyl (C=O) groups excluding carboxylic acids is 2. The molecule has 2 N–H and O–H groups in total. The molecule has 1 aliphatic carbocycles. The quantitative estimate of drug-likeness (QED) is 0.789. The third kappa shape index (κ3) is 3.20. The van der Waals surface area contributed by atoms with Gasteiger partial charge in [0, 0.05) is 26.2 Å². The van der Waals surface area contributed by atoms with E-state index in [0.29, 0.717) is 45.6 Å². The Labute approximate surface area is 123 Å². The maximum absolute atomic E-state index is 12.1. The smallest absolute Gasteiger partial charge is 0.409 e. The van der Waals surface area contributed by atoms with Crippen molar-refractivity contribution in [2.24, 2.45) is 0 Å². The zero-order valence-electron chi connectivity index (χ0n) is 12.1. The summed E-state index contributed by atoms with van der Waals surface area (Å²) in [6.45, 7) is 3.60. The van der Waals surface area contributed by atoms with Crippen LogP contribution in [0.4, 0.5) is 9.59 Å². The predicted octanol–water partition coefficient (Wildman–Crippen LogP) is 0.477. The molecule has 2 rings (SSSR count). The normalized spacial score (nSPS) is 20.4. The van der Waals surface area contributed by atoms with E-state index in [1.807, 2.05) is 0 Å². The Morgan fingerprint density at radius 2 is 1.71 bits per heavy atom. The van der Waals surface area contributed by atoms with Crippen LogP contribution in [-0.4, -0.2) is 71.3 Å². The van der Waals surface area contributed by atoms with Gasteiger partial charge in [-0.3, -0.25) is 0 Å². The SMILES string of the molecule is CCOC(=O)N1CCN(C(=O)NC2(C(=O)O)CCC2)CC1. The maximum Gasteiger partial charge on any atom is 0.409 e. The number of carboxylic acid groups (broad SMARTS) is 1. The first kappa shape index (κ1) is 15.4. The molecule has 0 spiro atoms. The van der Waals surface area contributed by atoms with Crippen molar-refractivity contribution in [2.75, 3.05) is 32.8 Å². The van der Waals surface area contributed by atoms with Crippen LogP contribution in [-0.2, 0) is 9.53 Å². The lowest BCUT2D eigenvalue weighted by molar-refractivity contribution is -0.148. The molecule has 1 saturated carbocycles. The topological polar surface area (TPSA) is 99.2 Å². The second kappa shape index (κ2) is 6.19. The van der Waals surface area contributed by atoms with Gasteiger partial charge in [0.05, 0.1) is 6.61 Å². The molecule has 8 heteroatoms. The van der Waals surface area contributed by atoms with E-state index in [0.717, 1.165) is 6.42 Å². The molecule has 1 saturated heterocycles. The van der Waals surface area contributed by atoms with E-state index in [2.05, 4.69) is 5.32 Å². The minimum atomic E-state index is -1.10. The highest BCUT2D eigenvalue weighted by Gasteiger charge is 2.46. The van der Waals surface area contributed by atoms with E-state index in [-0.39, 0.29) is 12.1 Å². The molecule has 3 amide bonds. The molecule has 0 radical (unpaired) electrons. The van der Waals surface area contributed by atoms with Crippen LogP contribution in [0.5, 0.6) is 0 Å². The van der Waals surface area contributed by atoms with E-state index in [9.17, 15) is 19.5 Å². The molecule has 21 heavy (non-hydrogen) atoms. The van der Waals surface area contributed by atoms with Gasteiger partial charge in [0.15, 0.2) is 0 Å². The number of nitrogens with zero attached hydrogens (tertiary/aromatic N) is 2. The zero-order valence-corrected chi connectivity index (χ0v) is 12.1. The second-order valence-corrected chi connectivity index (χ2v) is 5.34. The molecule has 0 aromatic heterocycles. The monoisotopic (exact) mass is 299 g/mol. The van der Waals surface area contributed by atoms with Gasteiger partial charge in [-0.15, -0.1) is 0 Å². The summed E-state index contributed by atoms with van der Waals surface area (Å²) in [6, 6.07) is -0.374. The average Bonchev–Trinajstić information content (AvgIpc) is 2.42. The van der Waals surface area contributed by atoms with Crippen LogP contribution in [0.25, 0.3) is 0 Å². The molecule has 0 unspecified atom stereocenters. The van der Waals surface area contributed by atoms with Crippen molar-refractivity contribution in [2.45, 2.75) is 31.7 Å². The highest BCUT2D eigenvalue weighted by Crippen LogP contribution is 2.32. The summed E-state index contributed by atoms with van der Waals surface area (Å²) in [5, 5.41) is 11.8. The van der Waals surface area contributed by atoms with Crippen LogP contribution in [0.3, 0.4) is 0 Å². The zero-order chi connectivity index (χ0) is 15.5. The molecule has 118 valence electrons. The summed E-state index contributed by atoms with van der Waals surface area (Å²) in [7, 11) is 0. The van der Waals surface area contributed by atoms with Gasteiger partial charge >= 0.3 is 18.1 Å². The van der Waals surface area contributed by atoms with E-state index < -0.39 is 11.5 Å². The van der Waals surface area contributed by atoms with Crippen molar-refractivity contribution < 1.29 is 24.2 Å². The van der Waals surface area contributed by atoms with Gasteiger partial charge < -0.3 is 25.0 Å². The van der Waals surface area contributed by atoms with Crippen molar-refractivity contribution in [1.82, 2.24) is 15.1 Å². The number of nitrogens with one attached hydrogen (secondary N) is 1. The number of carbonyl (C=O) groups is 3. The van der Waals surface area contributed by atoms with Gasteiger partial charge in [0.1, 0.15) is 5.54 Å². The van der Waals surface area contributed by atoms with Crippen LogP contribution in [0, 0.1) is 0 Å². The fraction of sp³-hybridized carbons (Fsp3) is 0.769. The standard InChI is InChI=1S/C13H21N3O5/c1-2-21-12(20)16-8-6-15(7-9-16)11(19)14-13(10(17)18)4-3-5-13/h2-9H2,1H3,(H,14,19)(H,17,18). The first-order valence-corrected chi connectivity index (χ1v) is 7.21. The number of hydrogen-bond acceptors (Lipinski definition) is 4. The van der Waals surface area contributed by atoms with Gasteiger partial charge in [-0.1, -0.05) is 0 Å². The summed E-state index contributed by atoms with van der Waals surface area (Å²) in [4.78, 5) is 38.0. The van der Waals surface area contributed by atoms with Gasteiger partial charge in [-0.25, -0.2) is 14.4 Å². The van der Waals surface area contributed by atoms with Gasteiger partial charge in [-0.2, -0.15) is 0 Å². The van der Waals surface area contributed by atoms with Crippen molar-refractivity contribution in [1.29, 1.82) is 0 Å². The molecule has 1 heterocycles. The number of urea groups is 1. The lowest BCUT2D eigenvalue weighted by atomic mass is 9.77. The number of rotatable bonds is 3. The first-order valence-electron chi connectivity index (χ1n) is 7.21. The molecular weight excluding hydrogens is 278 g/mol. The molecule has 1 aliphatic heterocycles. The predicted molar refractivity (Wildman–Crippen MR) is 72.9 cm³/mol. The van der Waals surface area contributed by atoms with Crippen LogP contribution < -0.4 is 5.32 Å². The second-order valence-electron chi connectivity index (χ2n) is 5.34. The molecule has 0 atom stereocenters. The Morgan fingerprint density at radius 1 is 1.14 bits per heavy atom. The number of hydrogen-bond donors (Lipinski definition) is 2. The van der Waals surface area contributed by atoms with Crippen molar-refractivity contribution in [3.05, 3.63) is 0 Å². The summed E-state index contributed by atoms with van der Waals surface area (Å²) in [5.41, 5.74) is -1.10. The van der Waals surface area contributed by atoms with Gasteiger partial charge in [0.25, 0.3) is 0 Å². The fourth-order valence-corrected chi connectivity index (χ4v) is 2.51. The third-order valence-corrected chi connectivity index (χ3v) is 4.06. The number of amides is 3. The summed E-state index contributed by atoms with van der Waals surface area (Å²) >= 11 is 0. The summed E-state index contributed by atoms with van der Waals surface area (Å²) < 4.78 is 4.91. The van der Waals surface area contributed by atoms with E-state index in [1.165, 1.54) is 0 Å². The fourth-order valence-electron chi connectivity index (χ4n) is 2.51. The average molecular weight is 299 g/mol. The molecule has 0 aromatic rings. The van der Waals surface area contributed by atoms with Gasteiger partial charge in [0.2, 0.25) is 0 Å². The number of ether oxygens (including phenoxy) is 1. The van der Waals surface area contributed by atoms with E-state index >= 15 is 0 Å². The van der Waals surface area contributed by atoms with E-state index in [1.54, 1.807) is 16.7 Å². The molecule has 2 fully saturated rings. The minimum absolute atomic E-state index is 0.320. The summed E-state index contributed by atoms with van der Waals surface area (Å²) in [6.07, 6.45) is 1.37. The summed E-state index contributed by atoms with van der Waals surface area (Å²) in [5.74, 6) is -0.979. The molecule has 0 aromatic carbocycles. The van der Waals surface area contributed by atoms with Crippen molar-refractivity contribution in [3.8, 4) is 0 Å². The Bertz CT molecular complexity index is 428.